The maximum Gasteiger partial charge on any atom is 0.254 e. The first-order valence-corrected chi connectivity index (χ1v) is 6.50. The van der Waals surface area contributed by atoms with Gasteiger partial charge in [-0.25, -0.2) is 4.39 Å². The summed E-state index contributed by atoms with van der Waals surface area (Å²) in [5, 5.41) is 2.86. The summed E-state index contributed by atoms with van der Waals surface area (Å²) < 4.78 is 18.6. The molecular formula is C14H19FN2O2. The van der Waals surface area contributed by atoms with Gasteiger partial charge in [0, 0.05) is 18.2 Å². The van der Waals surface area contributed by atoms with Gasteiger partial charge in [-0.05, 0) is 37.8 Å². The van der Waals surface area contributed by atoms with E-state index in [1.54, 1.807) is 6.07 Å². The van der Waals surface area contributed by atoms with Gasteiger partial charge in [0.15, 0.2) is 0 Å². The van der Waals surface area contributed by atoms with Gasteiger partial charge < -0.3 is 15.8 Å². The largest absolute Gasteiger partial charge is 0.497 e. The zero-order chi connectivity index (χ0) is 13.8. The number of benzene rings is 1. The van der Waals surface area contributed by atoms with E-state index in [4.69, 9.17) is 10.5 Å². The van der Waals surface area contributed by atoms with E-state index in [-0.39, 0.29) is 23.6 Å². The highest BCUT2D eigenvalue weighted by Gasteiger charge is 2.21. The molecule has 0 unspecified atom stereocenters. The molecule has 2 rings (SSSR count). The van der Waals surface area contributed by atoms with Crippen LogP contribution in [0.1, 0.15) is 36.0 Å². The molecule has 0 bridgehead atoms. The SMILES string of the molecule is COc1ccc(C(=O)NC2CCC(N)CC2)c(F)c1. The van der Waals surface area contributed by atoms with Crippen molar-refractivity contribution >= 4 is 5.91 Å². The Bertz CT molecular complexity index is 457. The Morgan fingerprint density at radius 2 is 2.05 bits per heavy atom. The van der Waals surface area contributed by atoms with E-state index in [1.165, 1.54) is 19.2 Å². The van der Waals surface area contributed by atoms with Crippen LogP contribution in [-0.2, 0) is 0 Å². The van der Waals surface area contributed by atoms with Crippen LogP contribution in [0.15, 0.2) is 18.2 Å². The van der Waals surface area contributed by atoms with Crippen molar-refractivity contribution in [2.45, 2.75) is 37.8 Å². The highest BCUT2D eigenvalue weighted by Crippen LogP contribution is 2.19. The Balaban J connectivity index is 2.00. The predicted molar refractivity (Wildman–Crippen MR) is 70.6 cm³/mol. The number of methoxy groups -OCH3 is 1. The number of ether oxygens (including phenoxy) is 1. The summed E-state index contributed by atoms with van der Waals surface area (Å²) in [6.07, 6.45) is 3.50. The monoisotopic (exact) mass is 266 g/mol. The smallest absolute Gasteiger partial charge is 0.254 e. The maximum absolute atomic E-state index is 13.7. The molecule has 0 spiro atoms. The second kappa shape index (κ2) is 6.02. The van der Waals surface area contributed by atoms with Gasteiger partial charge in [0.2, 0.25) is 0 Å². The first-order valence-electron chi connectivity index (χ1n) is 6.50. The van der Waals surface area contributed by atoms with Crippen LogP contribution in [0.4, 0.5) is 4.39 Å². The van der Waals surface area contributed by atoms with Crippen molar-refractivity contribution < 1.29 is 13.9 Å². The zero-order valence-corrected chi connectivity index (χ0v) is 11.0. The van der Waals surface area contributed by atoms with Crippen LogP contribution in [-0.4, -0.2) is 25.1 Å². The average Bonchev–Trinajstić information content (AvgIpc) is 2.41. The number of hydrogen-bond donors (Lipinski definition) is 2. The molecule has 1 aliphatic carbocycles. The fraction of sp³-hybridized carbons (Fsp3) is 0.500. The molecule has 0 radical (unpaired) electrons. The van der Waals surface area contributed by atoms with Crippen molar-refractivity contribution in [3.8, 4) is 5.75 Å². The van der Waals surface area contributed by atoms with Crippen LogP contribution in [0, 0.1) is 5.82 Å². The summed E-state index contributed by atoms with van der Waals surface area (Å²) in [5.74, 6) is -0.539. The van der Waals surface area contributed by atoms with Crippen molar-refractivity contribution in [3.63, 3.8) is 0 Å². The summed E-state index contributed by atoms with van der Waals surface area (Å²) in [5.41, 5.74) is 5.86. The third kappa shape index (κ3) is 3.44. The van der Waals surface area contributed by atoms with E-state index in [9.17, 15) is 9.18 Å². The normalized spacial score (nSPS) is 22.9. The quantitative estimate of drug-likeness (QED) is 0.877. The summed E-state index contributed by atoms with van der Waals surface area (Å²) in [4.78, 5) is 12.0. The first kappa shape index (κ1) is 13.8. The highest BCUT2D eigenvalue weighted by atomic mass is 19.1. The molecule has 5 heteroatoms. The van der Waals surface area contributed by atoms with Gasteiger partial charge in [0.1, 0.15) is 11.6 Å². The summed E-state index contributed by atoms with van der Waals surface area (Å²) in [6.45, 7) is 0. The van der Waals surface area contributed by atoms with E-state index in [1.807, 2.05) is 0 Å². The van der Waals surface area contributed by atoms with Crippen molar-refractivity contribution in [1.82, 2.24) is 5.32 Å². The van der Waals surface area contributed by atoms with Crippen molar-refractivity contribution in [2.24, 2.45) is 5.73 Å². The Hall–Kier alpha value is -1.62. The third-order valence-corrected chi connectivity index (χ3v) is 3.53. The molecule has 0 aromatic heterocycles. The van der Waals surface area contributed by atoms with Crippen LogP contribution in [0.3, 0.4) is 0 Å². The van der Waals surface area contributed by atoms with E-state index in [0.717, 1.165) is 25.7 Å². The number of amides is 1. The van der Waals surface area contributed by atoms with E-state index < -0.39 is 5.82 Å². The molecule has 1 fully saturated rings. The number of halogens is 1. The van der Waals surface area contributed by atoms with Crippen LogP contribution >= 0.6 is 0 Å². The number of carbonyl (C=O) groups excluding carboxylic acids is 1. The second-order valence-corrected chi connectivity index (χ2v) is 4.93. The van der Waals surface area contributed by atoms with E-state index in [0.29, 0.717) is 5.75 Å². The topological polar surface area (TPSA) is 64.3 Å². The first-order chi connectivity index (χ1) is 9.10. The standard InChI is InChI=1S/C14H19FN2O2/c1-19-11-6-7-12(13(15)8-11)14(18)17-10-4-2-9(16)3-5-10/h6-10H,2-5,16H2,1H3,(H,17,18). The maximum atomic E-state index is 13.7. The molecule has 0 atom stereocenters. The molecule has 4 nitrogen and oxygen atoms in total. The van der Waals surface area contributed by atoms with Gasteiger partial charge in [-0.15, -0.1) is 0 Å². The molecule has 1 aromatic rings. The Morgan fingerprint density at radius 3 is 2.63 bits per heavy atom. The number of rotatable bonds is 3. The van der Waals surface area contributed by atoms with E-state index in [2.05, 4.69) is 5.32 Å². The van der Waals surface area contributed by atoms with Crippen molar-refractivity contribution in [2.75, 3.05) is 7.11 Å². The molecule has 1 aliphatic rings. The Kier molecular flexibility index (Phi) is 4.37. The lowest BCUT2D eigenvalue weighted by atomic mass is 9.91. The van der Waals surface area contributed by atoms with Crippen LogP contribution in [0.5, 0.6) is 5.75 Å². The molecule has 104 valence electrons. The molecule has 1 aromatic carbocycles. The lowest BCUT2D eigenvalue weighted by Gasteiger charge is -2.26. The van der Waals surface area contributed by atoms with E-state index >= 15 is 0 Å². The Labute approximate surface area is 112 Å². The lowest BCUT2D eigenvalue weighted by Crippen LogP contribution is -2.40. The highest BCUT2D eigenvalue weighted by molar-refractivity contribution is 5.94. The predicted octanol–water partition coefficient (Wildman–Crippen LogP) is 1.83. The molecule has 3 N–H and O–H groups in total. The molecular weight excluding hydrogens is 247 g/mol. The van der Waals surface area contributed by atoms with Gasteiger partial charge in [0.25, 0.3) is 5.91 Å². The lowest BCUT2D eigenvalue weighted by molar-refractivity contribution is 0.0921. The van der Waals surface area contributed by atoms with Gasteiger partial charge in [0.05, 0.1) is 12.7 Å². The average molecular weight is 266 g/mol. The van der Waals surface area contributed by atoms with Crippen LogP contribution < -0.4 is 15.8 Å². The van der Waals surface area contributed by atoms with Gasteiger partial charge in [-0.3, -0.25) is 4.79 Å². The third-order valence-electron chi connectivity index (χ3n) is 3.53. The van der Waals surface area contributed by atoms with Crippen LogP contribution in [0.2, 0.25) is 0 Å². The van der Waals surface area contributed by atoms with Gasteiger partial charge in [-0.2, -0.15) is 0 Å². The summed E-state index contributed by atoms with van der Waals surface area (Å²) >= 11 is 0. The molecule has 0 heterocycles. The number of hydrogen-bond acceptors (Lipinski definition) is 3. The van der Waals surface area contributed by atoms with Crippen LogP contribution in [0.25, 0.3) is 0 Å². The zero-order valence-electron chi connectivity index (χ0n) is 11.0. The number of carbonyl (C=O) groups is 1. The number of nitrogens with one attached hydrogen (secondary N) is 1. The van der Waals surface area contributed by atoms with Gasteiger partial charge >= 0.3 is 0 Å². The Morgan fingerprint density at radius 1 is 1.37 bits per heavy atom. The van der Waals surface area contributed by atoms with Crippen molar-refractivity contribution in [1.29, 1.82) is 0 Å². The minimum atomic E-state index is -0.565. The van der Waals surface area contributed by atoms with Crippen molar-refractivity contribution in [3.05, 3.63) is 29.6 Å². The molecule has 19 heavy (non-hydrogen) atoms. The number of nitrogens with two attached hydrogens (primary N) is 1. The molecule has 0 saturated heterocycles. The summed E-state index contributed by atoms with van der Waals surface area (Å²) in [6, 6.07) is 4.55. The van der Waals surface area contributed by atoms with Gasteiger partial charge in [-0.1, -0.05) is 0 Å². The minimum absolute atomic E-state index is 0.0515. The molecule has 1 saturated carbocycles. The molecule has 0 aliphatic heterocycles. The molecule has 1 amide bonds. The fourth-order valence-electron chi connectivity index (χ4n) is 2.33. The second-order valence-electron chi connectivity index (χ2n) is 4.93. The summed E-state index contributed by atoms with van der Waals surface area (Å²) in [7, 11) is 1.46. The minimum Gasteiger partial charge on any atom is -0.497 e. The fourth-order valence-corrected chi connectivity index (χ4v) is 2.33.